The fourth-order valence-electron chi connectivity index (χ4n) is 2.20. The summed E-state index contributed by atoms with van der Waals surface area (Å²) in [6.45, 7) is 5.98. The third kappa shape index (κ3) is 2.23. The van der Waals surface area contributed by atoms with Crippen LogP contribution in [0.5, 0.6) is 11.5 Å². The Labute approximate surface area is 102 Å². The van der Waals surface area contributed by atoms with Crippen LogP contribution in [0.15, 0.2) is 0 Å². The lowest BCUT2D eigenvalue weighted by molar-refractivity contribution is 0.180. The lowest BCUT2D eigenvalue weighted by Crippen LogP contribution is -2.15. The van der Waals surface area contributed by atoms with Gasteiger partial charge in [0.05, 0.1) is 20.3 Å². The van der Waals surface area contributed by atoms with Crippen molar-refractivity contribution in [1.82, 2.24) is 0 Å². The van der Waals surface area contributed by atoms with E-state index in [0.717, 1.165) is 28.0 Å². The fraction of sp³-hybridized carbons (Fsp3) is 0.538. The Kier molecular flexibility index (Phi) is 4.37. The molecule has 0 aliphatic carbocycles. The van der Waals surface area contributed by atoms with Gasteiger partial charge in [-0.15, -0.1) is 0 Å². The van der Waals surface area contributed by atoms with E-state index in [1.165, 1.54) is 0 Å². The van der Waals surface area contributed by atoms with Crippen molar-refractivity contribution >= 4 is 0 Å². The Bertz CT molecular complexity index is 416. The van der Waals surface area contributed by atoms with Crippen molar-refractivity contribution in [2.75, 3.05) is 20.8 Å². The maximum Gasteiger partial charge on any atom is 0.128 e. The topological polar surface area (TPSA) is 64.7 Å². The number of aliphatic hydroxyl groups excluding tert-OH is 1. The molecule has 0 aliphatic heterocycles. The minimum atomic E-state index is -0.738. The minimum absolute atomic E-state index is 0.156. The average molecular weight is 239 g/mol. The van der Waals surface area contributed by atoms with E-state index in [2.05, 4.69) is 0 Å². The van der Waals surface area contributed by atoms with E-state index >= 15 is 0 Å². The molecule has 0 fully saturated rings. The second kappa shape index (κ2) is 5.38. The summed E-state index contributed by atoms with van der Waals surface area (Å²) in [7, 11) is 3.22. The molecule has 0 saturated carbocycles. The standard InChI is InChI=1S/C13H21NO3/c1-7-8(2)13(17-5)11(10(15)6-14)9(3)12(7)16-4/h10,15H,6,14H2,1-5H3. The van der Waals surface area contributed by atoms with E-state index in [4.69, 9.17) is 15.2 Å². The largest absolute Gasteiger partial charge is 0.496 e. The molecule has 0 amide bonds. The molecule has 0 aliphatic rings. The van der Waals surface area contributed by atoms with Gasteiger partial charge in [0, 0.05) is 17.7 Å². The van der Waals surface area contributed by atoms with Crippen LogP contribution in [-0.2, 0) is 0 Å². The smallest absolute Gasteiger partial charge is 0.128 e. The van der Waals surface area contributed by atoms with Crippen LogP contribution >= 0.6 is 0 Å². The summed E-state index contributed by atoms with van der Waals surface area (Å²) in [5, 5.41) is 10.00. The van der Waals surface area contributed by atoms with E-state index in [-0.39, 0.29) is 6.54 Å². The van der Waals surface area contributed by atoms with E-state index in [0.29, 0.717) is 5.75 Å². The van der Waals surface area contributed by atoms with Crippen molar-refractivity contribution in [1.29, 1.82) is 0 Å². The molecule has 4 nitrogen and oxygen atoms in total. The quantitative estimate of drug-likeness (QED) is 0.838. The van der Waals surface area contributed by atoms with Crippen LogP contribution in [0.3, 0.4) is 0 Å². The van der Waals surface area contributed by atoms with Crippen molar-refractivity contribution in [3.63, 3.8) is 0 Å². The van der Waals surface area contributed by atoms with Gasteiger partial charge in [-0.3, -0.25) is 0 Å². The molecule has 1 unspecified atom stereocenters. The van der Waals surface area contributed by atoms with Crippen molar-refractivity contribution in [3.05, 3.63) is 22.3 Å². The van der Waals surface area contributed by atoms with Gasteiger partial charge >= 0.3 is 0 Å². The summed E-state index contributed by atoms with van der Waals surface area (Å²) in [6.07, 6.45) is -0.738. The van der Waals surface area contributed by atoms with E-state index in [9.17, 15) is 5.11 Å². The van der Waals surface area contributed by atoms with Crippen LogP contribution in [-0.4, -0.2) is 25.9 Å². The number of methoxy groups -OCH3 is 2. The van der Waals surface area contributed by atoms with Crippen LogP contribution in [0, 0.1) is 20.8 Å². The number of aliphatic hydroxyl groups is 1. The molecule has 1 aromatic carbocycles. The van der Waals surface area contributed by atoms with Gasteiger partial charge in [-0.25, -0.2) is 0 Å². The highest BCUT2D eigenvalue weighted by molar-refractivity contribution is 5.58. The summed E-state index contributed by atoms with van der Waals surface area (Å²) in [6, 6.07) is 0. The monoisotopic (exact) mass is 239 g/mol. The molecule has 1 rings (SSSR count). The maximum atomic E-state index is 10.00. The van der Waals surface area contributed by atoms with Gasteiger partial charge in [-0.2, -0.15) is 0 Å². The van der Waals surface area contributed by atoms with Gasteiger partial charge in [-0.05, 0) is 31.9 Å². The van der Waals surface area contributed by atoms with Gasteiger partial charge in [0.15, 0.2) is 0 Å². The first-order valence-corrected chi connectivity index (χ1v) is 5.59. The van der Waals surface area contributed by atoms with Crippen LogP contribution in [0.4, 0.5) is 0 Å². The normalized spacial score (nSPS) is 12.4. The van der Waals surface area contributed by atoms with E-state index < -0.39 is 6.10 Å². The van der Waals surface area contributed by atoms with Crippen molar-refractivity contribution in [2.45, 2.75) is 26.9 Å². The van der Waals surface area contributed by atoms with Gasteiger partial charge in [0.2, 0.25) is 0 Å². The highest BCUT2D eigenvalue weighted by Gasteiger charge is 2.22. The predicted molar refractivity (Wildman–Crippen MR) is 67.8 cm³/mol. The Hall–Kier alpha value is -1.26. The molecule has 0 saturated heterocycles. The predicted octanol–water partition coefficient (Wildman–Crippen LogP) is 1.62. The zero-order chi connectivity index (χ0) is 13.2. The fourth-order valence-corrected chi connectivity index (χ4v) is 2.20. The molecule has 1 atom stereocenters. The van der Waals surface area contributed by atoms with Gasteiger partial charge in [0.1, 0.15) is 11.5 Å². The van der Waals surface area contributed by atoms with Crippen molar-refractivity contribution < 1.29 is 14.6 Å². The summed E-state index contributed by atoms with van der Waals surface area (Å²) >= 11 is 0. The second-order valence-electron chi connectivity index (χ2n) is 4.11. The van der Waals surface area contributed by atoms with E-state index in [1.54, 1.807) is 14.2 Å². The summed E-state index contributed by atoms with van der Waals surface area (Å²) in [5.41, 5.74) is 9.12. The number of nitrogens with two attached hydrogens (primary N) is 1. The molecule has 3 N–H and O–H groups in total. The third-order valence-electron chi connectivity index (χ3n) is 3.20. The minimum Gasteiger partial charge on any atom is -0.496 e. The SMILES string of the molecule is COc1c(C)c(C)c(OC)c(C(O)CN)c1C. The molecule has 0 heterocycles. The number of rotatable bonds is 4. The lowest BCUT2D eigenvalue weighted by atomic mass is 9.94. The molecule has 4 heteroatoms. The third-order valence-corrected chi connectivity index (χ3v) is 3.20. The van der Waals surface area contributed by atoms with Crippen molar-refractivity contribution in [2.24, 2.45) is 5.73 Å². The molecule has 0 radical (unpaired) electrons. The van der Waals surface area contributed by atoms with Gasteiger partial charge in [-0.1, -0.05) is 0 Å². The van der Waals surface area contributed by atoms with Crippen LogP contribution in [0.1, 0.15) is 28.4 Å². The molecule has 96 valence electrons. The molecule has 17 heavy (non-hydrogen) atoms. The Morgan fingerprint density at radius 3 is 1.88 bits per heavy atom. The zero-order valence-corrected chi connectivity index (χ0v) is 11.1. The number of benzene rings is 1. The molecule has 1 aromatic rings. The number of hydrogen-bond acceptors (Lipinski definition) is 4. The van der Waals surface area contributed by atoms with Gasteiger partial charge < -0.3 is 20.3 Å². The first kappa shape index (κ1) is 13.8. The summed E-state index contributed by atoms with van der Waals surface area (Å²) in [5.74, 6) is 1.48. The lowest BCUT2D eigenvalue weighted by Gasteiger charge is -2.22. The Morgan fingerprint density at radius 2 is 1.47 bits per heavy atom. The zero-order valence-electron chi connectivity index (χ0n) is 11.1. The summed E-state index contributed by atoms with van der Waals surface area (Å²) < 4.78 is 10.8. The van der Waals surface area contributed by atoms with Crippen LogP contribution in [0.25, 0.3) is 0 Å². The Balaban J connectivity index is 3.60. The van der Waals surface area contributed by atoms with Crippen LogP contribution < -0.4 is 15.2 Å². The first-order chi connectivity index (χ1) is 7.99. The second-order valence-corrected chi connectivity index (χ2v) is 4.11. The van der Waals surface area contributed by atoms with Crippen LogP contribution in [0.2, 0.25) is 0 Å². The first-order valence-electron chi connectivity index (χ1n) is 5.59. The molecular weight excluding hydrogens is 218 g/mol. The number of hydrogen-bond donors (Lipinski definition) is 2. The molecule has 0 aromatic heterocycles. The maximum absolute atomic E-state index is 10.00. The highest BCUT2D eigenvalue weighted by Crippen LogP contribution is 2.40. The van der Waals surface area contributed by atoms with E-state index in [1.807, 2.05) is 20.8 Å². The highest BCUT2D eigenvalue weighted by atomic mass is 16.5. The number of ether oxygens (including phenoxy) is 2. The van der Waals surface area contributed by atoms with Crippen molar-refractivity contribution in [3.8, 4) is 11.5 Å². The molecule has 0 spiro atoms. The Morgan fingerprint density at radius 1 is 1.00 bits per heavy atom. The van der Waals surface area contributed by atoms with Gasteiger partial charge in [0.25, 0.3) is 0 Å². The molecule has 0 bridgehead atoms. The molecular formula is C13H21NO3. The average Bonchev–Trinajstić information content (AvgIpc) is 2.33. The summed E-state index contributed by atoms with van der Waals surface area (Å²) in [4.78, 5) is 0.